The Morgan fingerprint density at radius 2 is 2.16 bits per heavy atom. The van der Waals surface area contributed by atoms with Crippen molar-refractivity contribution in [2.75, 3.05) is 0 Å². The van der Waals surface area contributed by atoms with Gasteiger partial charge in [-0.2, -0.15) is 0 Å². The van der Waals surface area contributed by atoms with Gasteiger partial charge in [-0.25, -0.2) is 4.39 Å². The summed E-state index contributed by atoms with van der Waals surface area (Å²) >= 11 is 3.50. The van der Waals surface area contributed by atoms with Crippen LogP contribution in [0.5, 0.6) is 0 Å². The number of benzene rings is 1. The predicted molar refractivity (Wildman–Crippen MR) is 81.6 cm³/mol. The monoisotopic (exact) mass is 327 g/mol. The Hall–Kier alpha value is -0.410. The highest BCUT2D eigenvalue weighted by Crippen LogP contribution is 2.34. The number of rotatable bonds is 3. The van der Waals surface area contributed by atoms with Gasteiger partial charge in [0.05, 0.1) is 0 Å². The zero-order valence-electron chi connectivity index (χ0n) is 11.6. The van der Waals surface area contributed by atoms with Gasteiger partial charge in [0.2, 0.25) is 0 Å². The lowest BCUT2D eigenvalue weighted by molar-refractivity contribution is 0.357. The first-order chi connectivity index (χ1) is 9.02. The smallest absolute Gasteiger partial charge is 0.123 e. The molecule has 0 bridgehead atoms. The van der Waals surface area contributed by atoms with Gasteiger partial charge in [0.1, 0.15) is 5.82 Å². The molecule has 1 aromatic rings. The van der Waals surface area contributed by atoms with Crippen molar-refractivity contribution >= 4 is 15.9 Å². The maximum Gasteiger partial charge on any atom is 0.123 e. The van der Waals surface area contributed by atoms with E-state index in [1.54, 1.807) is 12.1 Å². The Morgan fingerprint density at radius 1 is 1.37 bits per heavy atom. The van der Waals surface area contributed by atoms with Crippen molar-refractivity contribution in [2.24, 2.45) is 11.7 Å². The van der Waals surface area contributed by atoms with Crippen LogP contribution in [-0.4, -0.2) is 5.54 Å². The van der Waals surface area contributed by atoms with Crippen LogP contribution in [0.1, 0.15) is 51.0 Å². The van der Waals surface area contributed by atoms with Crippen molar-refractivity contribution in [3.05, 3.63) is 34.1 Å². The van der Waals surface area contributed by atoms with Crippen LogP contribution in [0.3, 0.4) is 0 Å². The third-order valence-corrected chi connectivity index (χ3v) is 5.24. The van der Waals surface area contributed by atoms with Crippen LogP contribution in [0.4, 0.5) is 4.39 Å². The molecule has 0 spiro atoms. The topological polar surface area (TPSA) is 26.0 Å². The van der Waals surface area contributed by atoms with Gasteiger partial charge in [0.25, 0.3) is 0 Å². The van der Waals surface area contributed by atoms with Crippen LogP contribution >= 0.6 is 15.9 Å². The summed E-state index contributed by atoms with van der Waals surface area (Å²) in [4.78, 5) is 0. The molecule has 1 saturated carbocycles. The fourth-order valence-electron chi connectivity index (χ4n) is 3.15. The predicted octanol–water partition coefficient (Wildman–Crippen LogP) is 4.82. The lowest BCUT2D eigenvalue weighted by Crippen LogP contribution is -2.41. The van der Waals surface area contributed by atoms with Gasteiger partial charge in [-0.3, -0.25) is 0 Å². The molecular weight excluding hydrogens is 305 g/mol. The summed E-state index contributed by atoms with van der Waals surface area (Å²) in [6.45, 7) is 2.26. The Bertz CT molecular complexity index is 435. The zero-order chi connectivity index (χ0) is 13.9. The molecule has 2 N–H and O–H groups in total. The maximum absolute atomic E-state index is 13.4. The molecule has 1 aliphatic carbocycles. The average Bonchev–Trinajstić information content (AvgIpc) is 2.56. The van der Waals surface area contributed by atoms with E-state index < -0.39 is 0 Å². The molecule has 1 aromatic carbocycles. The number of hydrogen-bond donors (Lipinski definition) is 1. The first-order valence-electron chi connectivity index (χ1n) is 7.25. The second-order valence-corrected chi connectivity index (χ2v) is 6.83. The first-order valence-corrected chi connectivity index (χ1v) is 8.04. The number of hydrogen-bond acceptors (Lipinski definition) is 1. The van der Waals surface area contributed by atoms with Crippen molar-refractivity contribution in [3.8, 4) is 0 Å². The van der Waals surface area contributed by atoms with E-state index in [-0.39, 0.29) is 11.4 Å². The molecule has 0 aliphatic heterocycles. The van der Waals surface area contributed by atoms with E-state index in [9.17, 15) is 4.39 Å². The average molecular weight is 328 g/mol. The minimum atomic E-state index is -0.179. The highest BCUT2D eigenvalue weighted by molar-refractivity contribution is 9.10. The van der Waals surface area contributed by atoms with Crippen molar-refractivity contribution in [1.29, 1.82) is 0 Å². The van der Waals surface area contributed by atoms with E-state index in [2.05, 4.69) is 22.9 Å². The van der Waals surface area contributed by atoms with E-state index in [0.717, 1.165) is 35.2 Å². The summed E-state index contributed by atoms with van der Waals surface area (Å²) in [7, 11) is 0. The van der Waals surface area contributed by atoms with Crippen LogP contribution in [0.15, 0.2) is 22.7 Å². The fraction of sp³-hybridized carbons (Fsp3) is 0.625. The fourth-order valence-corrected chi connectivity index (χ4v) is 3.53. The standard InChI is InChI=1S/C16H23BrFN/c1-2-12-4-3-8-16(19,9-7-12)11-13-10-14(18)5-6-15(13)17/h5-6,10,12H,2-4,7-9,11,19H2,1H3. The molecule has 0 amide bonds. The quantitative estimate of drug-likeness (QED) is 0.791. The van der Waals surface area contributed by atoms with E-state index in [4.69, 9.17) is 5.73 Å². The summed E-state index contributed by atoms with van der Waals surface area (Å²) in [6.07, 6.45) is 7.81. The van der Waals surface area contributed by atoms with Gasteiger partial charge in [0, 0.05) is 10.0 Å². The van der Waals surface area contributed by atoms with Crippen LogP contribution < -0.4 is 5.73 Å². The van der Waals surface area contributed by atoms with Crippen LogP contribution in [0.25, 0.3) is 0 Å². The van der Waals surface area contributed by atoms with E-state index in [1.807, 2.05) is 0 Å². The Kier molecular flexibility index (Phi) is 5.02. The second-order valence-electron chi connectivity index (χ2n) is 5.98. The molecule has 0 radical (unpaired) electrons. The Morgan fingerprint density at radius 3 is 2.89 bits per heavy atom. The SMILES string of the molecule is CCC1CCCC(N)(Cc2cc(F)ccc2Br)CC1. The molecule has 2 rings (SSSR count). The van der Waals surface area contributed by atoms with Crippen LogP contribution in [-0.2, 0) is 6.42 Å². The lowest BCUT2D eigenvalue weighted by Gasteiger charge is -2.29. The van der Waals surface area contributed by atoms with Crippen molar-refractivity contribution in [2.45, 2.75) is 57.4 Å². The lowest BCUT2D eigenvalue weighted by atomic mass is 9.84. The third-order valence-electron chi connectivity index (χ3n) is 4.47. The molecule has 0 saturated heterocycles. The molecule has 2 atom stereocenters. The van der Waals surface area contributed by atoms with Crippen molar-refractivity contribution in [3.63, 3.8) is 0 Å². The molecule has 1 fully saturated rings. The van der Waals surface area contributed by atoms with E-state index >= 15 is 0 Å². The van der Waals surface area contributed by atoms with E-state index in [0.29, 0.717) is 0 Å². The minimum absolute atomic E-state index is 0.166. The normalized spacial score (nSPS) is 28.1. The molecule has 106 valence electrons. The van der Waals surface area contributed by atoms with Gasteiger partial charge >= 0.3 is 0 Å². The highest BCUT2D eigenvalue weighted by Gasteiger charge is 2.29. The maximum atomic E-state index is 13.4. The zero-order valence-corrected chi connectivity index (χ0v) is 13.2. The van der Waals surface area contributed by atoms with Gasteiger partial charge in [-0.15, -0.1) is 0 Å². The molecule has 19 heavy (non-hydrogen) atoms. The molecule has 1 nitrogen and oxygen atoms in total. The van der Waals surface area contributed by atoms with Crippen molar-refractivity contribution < 1.29 is 4.39 Å². The molecule has 0 aromatic heterocycles. The number of halogens is 2. The molecule has 0 heterocycles. The highest BCUT2D eigenvalue weighted by atomic mass is 79.9. The van der Waals surface area contributed by atoms with Gasteiger partial charge in [0.15, 0.2) is 0 Å². The summed E-state index contributed by atoms with van der Waals surface area (Å²) in [5, 5.41) is 0. The van der Waals surface area contributed by atoms with Crippen molar-refractivity contribution in [1.82, 2.24) is 0 Å². The molecular formula is C16H23BrFN. The van der Waals surface area contributed by atoms with E-state index in [1.165, 1.54) is 31.7 Å². The summed E-state index contributed by atoms with van der Waals surface area (Å²) < 4.78 is 14.3. The van der Waals surface area contributed by atoms with Crippen LogP contribution in [0, 0.1) is 11.7 Å². The van der Waals surface area contributed by atoms with Gasteiger partial charge in [-0.1, -0.05) is 42.1 Å². The second kappa shape index (κ2) is 6.36. The summed E-state index contributed by atoms with van der Waals surface area (Å²) in [5.74, 6) is 0.642. The largest absolute Gasteiger partial charge is 0.325 e. The third kappa shape index (κ3) is 4.03. The first kappa shape index (κ1) is 15.0. The van der Waals surface area contributed by atoms with Crippen LogP contribution in [0.2, 0.25) is 0 Å². The Labute approximate surface area is 123 Å². The molecule has 3 heteroatoms. The Balaban J connectivity index is 2.10. The summed E-state index contributed by atoms with van der Waals surface area (Å²) in [5.41, 5.74) is 7.41. The minimum Gasteiger partial charge on any atom is -0.325 e. The van der Waals surface area contributed by atoms with Gasteiger partial charge in [-0.05, 0) is 55.4 Å². The molecule has 1 aliphatic rings. The molecule has 2 unspecified atom stereocenters. The summed E-state index contributed by atoms with van der Waals surface area (Å²) in [6, 6.07) is 4.87. The van der Waals surface area contributed by atoms with Gasteiger partial charge < -0.3 is 5.73 Å². The number of nitrogens with two attached hydrogens (primary N) is 1.